The first kappa shape index (κ1) is 10.9. The Balaban J connectivity index is 1.76. The van der Waals surface area contributed by atoms with E-state index < -0.39 is 5.38 Å². The van der Waals surface area contributed by atoms with E-state index in [2.05, 4.69) is 0 Å². The summed E-state index contributed by atoms with van der Waals surface area (Å²) in [6.45, 7) is 1.70. The Morgan fingerprint density at radius 3 is 2.00 bits per heavy atom. The van der Waals surface area contributed by atoms with Crippen LogP contribution in [0.3, 0.4) is 0 Å². The standard InChI is InChI=1S/C13H19ClO2/c1-8(14)12(15)16-13-5-9-2-10(6-13)4-11(3-9)7-13/h8-11H,2-7H2,1H3/t8-,9?,10?,11?,13?/m1/s1. The summed E-state index contributed by atoms with van der Waals surface area (Å²) < 4.78 is 5.74. The van der Waals surface area contributed by atoms with Crippen LogP contribution in [0.15, 0.2) is 0 Å². The van der Waals surface area contributed by atoms with Crippen molar-refractivity contribution in [2.45, 2.75) is 56.4 Å². The Bertz CT molecular complexity index is 276. The number of carbonyl (C=O) groups excluding carboxylic acids is 1. The van der Waals surface area contributed by atoms with Crippen molar-refractivity contribution in [1.82, 2.24) is 0 Å². The van der Waals surface area contributed by atoms with E-state index in [0.717, 1.165) is 37.0 Å². The second kappa shape index (κ2) is 3.63. The summed E-state index contributed by atoms with van der Waals surface area (Å²) in [7, 11) is 0. The van der Waals surface area contributed by atoms with Gasteiger partial charge >= 0.3 is 5.97 Å². The number of hydrogen-bond acceptors (Lipinski definition) is 2. The fraction of sp³-hybridized carbons (Fsp3) is 0.923. The summed E-state index contributed by atoms with van der Waals surface area (Å²) in [5.41, 5.74) is -0.130. The fourth-order valence-electron chi connectivity index (χ4n) is 4.45. The highest BCUT2D eigenvalue weighted by molar-refractivity contribution is 6.29. The van der Waals surface area contributed by atoms with Crippen LogP contribution in [0.1, 0.15) is 45.4 Å². The van der Waals surface area contributed by atoms with Crippen LogP contribution in [0.2, 0.25) is 0 Å². The molecule has 0 spiro atoms. The molecule has 0 aromatic heterocycles. The number of hydrogen-bond donors (Lipinski definition) is 0. The highest BCUT2D eigenvalue weighted by atomic mass is 35.5. The van der Waals surface area contributed by atoms with Gasteiger partial charge in [-0.15, -0.1) is 11.6 Å². The minimum Gasteiger partial charge on any atom is -0.458 e. The summed E-state index contributed by atoms with van der Waals surface area (Å²) in [6.07, 6.45) is 7.38. The van der Waals surface area contributed by atoms with Gasteiger partial charge in [0, 0.05) is 0 Å². The van der Waals surface area contributed by atoms with Gasteiger partial charge in [-0.1, -0.05) is 0 Å². The molecule has 16 heavy (non-hydrogen) atoms. The topological polar surface area (TPSA) is 26.3 Å². The second-order valence-electron chi connectivity index (χ2n) is 6.14. The van der Waals surface area contributed by atoms with Gasteiger partial charge < -0.3 is 4.74 Å². The first-order chi connectivity index (χ1) is 7.56. The fourth-order valence-corrected chi connectivity index (χ4v) is 4.50. The highest BCUT2D eigenvalue weighted by Crippen LogP contribution is 2.57. The van der Waals surface area contributed by atoms with Crippen molar-refractivity contribution < 1.29 is 9.53 Å². The lowest BCUT2D eigenvalue weighted by Crippen LogP contribution is -2.53. The van der Waals surface area contributed by atoms with Crippen molar-refractivity contribution in [3.8, 4) is 0 Å². The zero-order valence-electron chi connectivity index (χ0n) is 9.75. The largest absolute Gasteiger partial charge is 0.458 e. The van der Waals surface area contributed by atoms with Gasteiger partial charge in [0.25, 0.3) is 0 Å². The molecule has 2 nitrogen and oxygen atoms in total. The van der Waals surface area contributed by atoms with Gasteiger partial charge in [0.1, 0.15) is 11.0 Å². The van der Waals surface area contributed by atoms with Gasteiger partial charge in [-0.3, -0.25) is 4.79 Å². The molecule has 4 rings (SSSR count). The molecule has 0 N–H and O–H groups in total. The Hall–Kier alpha value is -0.240. The van der Waals surface area contributed by atoms with Crippen LogP contribution < -0.4 is 0 Å². The van der Waals surface area contributed by atoms with Gasteiger partial charge in [0.15, 0.2) is 0 Å². The van der Waals surface area contributed by atoms with Crippen molar-refractivity contribution >= 4 is 17.6 Å². The number of esters is 1. The predicted molar refractivity (Wildman–Crippen MR) is 62.3 cm³/mol. The van der Waals surface area contributed by atoms with Gasteiger partial charge in [0.2, 0.25) is 0 Å². The third kappa shape index (κ3) is 1.75. The van der Waals surface area contributed by atoms with Crippen molar-refractivity contribution in [3.05, 3.63) is 0 Å². The van der Waals surface area contributed by atoms with Crippen LogP contribution in [0.25, 0.3) is 0 Å². The molecule has 3 heteroatoms. The molecule has 0 amide bonds. The van der Waals surface area contributed by atoms with Crippen molar-refractivity contribution in [2.24, 2.45) is 17.8 Å². The van der Waals surface area contributed by atoms with E-state index in [-0.39, 0.29) is 11.6 Å². The summed E-state index contributed by atoms with van der Waals surface area (Å²) in [4.78, 5) is 11.7. The molecule has 4 saturated carbocycles. The van der Waals surface area contributed by atoms with E-state index in [1.165, 1.54) is 19.3 Å². The summed E-state index contributed by atoms with van der Waals surface area (Å²) in [6, 6.07) is 0. The molecule has 4 aliphatic rings. The Kier molecular flexibility index (Phi) is 2.47. The molecule has 90 valence electrons. The molecule has 4 aliphatic carbocycles. The lowest BCUT2D eigenvalue weighted by atomic mass is 9.54. The first-order valence-corrected chi connectivity index (χ1v) is 6.87. The Labute approximate surface area is 102 Å². The molecule has 0 aliphatic heterocycles. The third-order valence-corrected chi connectivity index (χ3v) is 4.80. The van der Waals surface area contributed by atoms with E-state index in [1.807, 2.05) is 0 Å². The second-order valence-corrected chi connectivity index (χ2v) is 6.79. The molecular formula is C13H19ClO2. The normalized spacial score (nSPS) is 46.8. The maximum absolute atomic E-state index is 11.7. The van der Waals surface area contributed by atoms with E-state index in [4.69, 9.17) is 16.3 Å². The number of rotatable bonds is 2. The average molecular weight is 243 g/mol. The van der Waals surface area contributed by atoms with Gasteiger partial charge in [0.05, 0.1) is 0 Å². The number of ether oxygens (including phenoxy) is 1. The predicted octanol–water partition coefficient (Wildman–Crippen LogP) is 3.13. The van der Waals surface area contributed by atoms with Crippen LogP contribution in [0, 0.1) is 17.8 Å². The number of carbonyl (C=O) groups is 1. The van der Waals surface area contributed by atoms with Crippen LogP contribution in [-0.2, 0) is 9.53 Å². The van der Waals surface area contributed by atoms with E-state index in [9.17, 15) is 4.79 Å². The zero-order chi connectivity index (χ0) is 11.3. The first-order valence-electron chi connectivity index (χ1n) is 6.43. The van der Waals surface area contributed by atoms with E-state index in [0.29, 0.717) is 0 Å². The van der Waals surface area contributed by atoms with Crippen LogP contribution in [0.4, 0.5) is 0 Å². The summed E-state index contributed by atoms with van der Waals surface area (Å²) in [5.74, 6) is 2.21. The highest BCUT2D eigenvalue weighted by Gasteiger charge is 2.53. The lowest BCUT2D eigenvalue weighted by molar-refractivity contribution is -0.185. The zero-order valence-corrected chi connectivity index (χ0v) is 10.5. The molecule has 4 bridgehead atoms. The Morgan fingerprint density at radius 1 is 1.19 bits per heavy atom. The van der Waals surface area contributed by atoms with E-state index in [1.54, 1.807) is 6.92 Å². The van der Waals surface area contributed by atoms with Gasteiger partial charge in [-0.2, -0.15) is 0 Å². The molecule has 1 atom stereocenters. The molecule has 0 unspecified atom stereocenters. The van der Waals surface area contributed by atoms with Crippen molar-refractivity contribution in [1.29, 1.82) is 0 Å². The summed E-state index contributed by atoms with van der Waals surface area (Å²) in [5, 5.41) is -0.506. The molecule has 0 aromatic carbocycles. The number of alkyl halides is 1. The molecular weight excluding hydrogens is 224 g/mol. The maximum Gasteiger partial charge on any atom is 0.324 e. The molecule has 0 radical (unpaired) electrons. The monoisotopic (exact) mass is 242 g/mol. The third-order valence-electron chi connectivity index (χ3n) is 4.62. The molecule has 4 fully saturated rings. The van der Waals surface area contributed by atoms with Crippen molar-refractivity contribution in [2.75, 3.05) is 0 Å². The average Bonchev–Trinajstić information content (AvgIpc) is 2.13. The number of halogens is 1. The minimum atomic E-state index is -0.506. The summed E-state index contributed by atoms with van der Waals surface area (Å²) >= 11 is 5.79. The minimum absolute atomic E-state index is 0.130. The van der Waals surface area contributed by atoms with Gasteiger partial charge in [-0.25, -0.2) is 0 Å². The smallest absolute Gasteiger partial charge is 0.324 e. The molecule has 0 heterocycles. The molecule has 0 aromatic rings. The van der Waals surface area contributed by atoms with Gasteiger partial charge in [-0.05, 0) is 63.2 Å². The maximum atomic E-state index is 11.7. The van der Waals surface area contributed by atoms with E-state index >= 15 is 0 Å². The Morgan fingerprint density at radius 2 is 1.62 bits per heavy atom. The molecule has 0 saturated heterocycles. The van der Waals surface area contributed by atoms with Crippen LogP contribution in [-0.4, -0.2) is 16.9 Å². The van der Waals surface area contributed by atoms with Crippen LogP contribution >= 0.6 is 11.6 Å². The van der Waals surface area contributed by atoms with Crippen LogP contribution in [0.5, 0.6) is 0 Å². The SMILES string of the molecule is C[C@@H](Cl)C(=O)OC12CC3CC(CC(C3)C1)C2. The van der Waals surface area contributed by atoms with Crippen molar-refractivity contribution in [3.63, 3.8) is 0 Å². The lowest BCUT2D eigenvalue weighted by Gasteiger charge is -2.55. The quantitative estimate of drug-likeness (QED) is 0.549.